The molecule has 0 atom stereocenters. The SMILES string of the molecule is CCCCCCCc1cc2c(cc1CCCCCCC)-c1nc-2nc2[n-]c(nc3nc(nc4[n-]c(n1)c1cc(CCCCCCC)c(CCCCCCC)cc41)-c1cc(CCCCCCC)c(CCCCCCC)cc1-3)c1cc(CCCCCCC)c(CCCCCCC)cc21.[Eu+3].[Li+].c1ccc2c(c1)-c1nc-2nc2[n-]c(nc3nc(nc4[n-]c(n1)c1ccccc41)-c1ccccc1-3)c1ccccc21. The van der Waals surface area contributed by atoms with E-state index >= 15 is 0 Å². The van der Waals surface area contributed by atoms with Crippen molar-refractivity contribution < 1.29 is 68.2 Å². The second-order valence-corrected chi connectivity index (χ2v) is 39.1. The summed E-state index contributed by atoms with van der Waals surface area (Å²) in [5.41, 5.74) is 24.3. The Morgan fingerprint density at radius 1 is 0.159 bits per heavy atom. The molecule has 0 radical (unpaired) electrons. The molecule has 0 saturated heterocycles. The van der Waals surface area contributed by atoms with Gasteiger partial charge in [0.05, 0.1) is 46.6 Å². The van der Waals surface area contributed by atoms with Crippen molar-refractivity contribution in [2.45, 2.75) is 364 Å². The van der Waals surface area contributed by atoms with Crippen molar-refractivity contribution >= 4 is 88.3 Å². The molecule has 16 nitrogen and oxygen atoms in total. The summed E-state index contributed by atoms with van der Waals surface area (Å²) in [5, 5.41) is 7.80. The third kappa shape index (κ3) is 25.0. The van der Waals surface area contributed by atoms with Gasteiger partial charge in [0.1, 0.15) is 0 Å². The van der Waals surface area contributed by atoms with Gasteiger partial charge in [0, 0.05) is 89.7 Å². The number of rotatable bonds is 48. The number of hydrogen-bond acceptors (Lipinski definition) is 12. The van der Waals surface area contributed by atoms with E-state index in [9.17, 15) is 0 Å². The fourth-order valence-corrected chi connectivity index (χ4v) is 20.9. The Kier molecular flexibility index (Phi) is 38.7. The van der Waals surface area contributed by atoms with Crippen LogP contribution in [-0.2, 0) is 51.4 Å². The van der Waals surface area contributed by atoms with E-state index in [1.165, 1.54) is 301 Å². The maximum Gasteiger partial charge on any atom is 3.00 e. The number of nitrogens with zero attached hydrogens (tertiary/aromatic N) is 16. The van der Waals surface area contributed by atoms with Gasteiger partial charge >= 0.3 is 68.2 Å². The van der Waals surface area contributed by atoms with Crippen LogP contribution in [0.4, 0.5) is 0 Å². The van der Waals surface area contributed by atoms with Crippen molar-refractivity contribution in [3.8, 4) is 91.1 Å². The van der Waals surface area contributed by atoms with Gasteiger partial charge in [-0.15, -0.1) is 0 Å². The molecule has 8 aromatic carbocycles. The molecule has 4 aliphatic heterocycles. The van der Waals surface area contributed by atoms with Crippen molar-refractivity contribution in [2.24, 2.45) is 0 Å². The number of fused-ring (bicyclic) bond motifs is 40. The molecule has 18 rings (SSSR count). The smallest absolute Gasteiger partial charge is 0.357 e. The van der Waals surface area contributed by atoms with Gasteiger partial charge in [-0.2, -0.15) is 0 Å². The van der Waals surface area contributed by atoms with Crippen molar-refractivity contribution in [1.29, 1.82) is 0 Å². The standard InChI is InChI=1S/C88H128N8.C32H16N8.Eu.Li/c1-9-17-25-33-41-49-65-57-73-74(58-66(65)50-42-34-26-18-10-2)82-89-81(73)93-83-75-59-67(51-43-35-27-19-11-3)68(52-44-36-28-20-12-4)60-76(75)85(90-83)95-87-79-63-71(55-47-39-31-23-15-7)72(56-48-40-32-24-16-8)64-80(79)88(92-87)96-86-78-62-70(54-46-38-30-22-14-6)69(53-45-37-29-21-13-5)61-77(78)84(91-86)94-82;1-2-10-18-17(9-1)25-33-26(18)38-28-21-13-5-6-14-22(21)30(35-28)40-32-24-16-8-7-15-23(24)31(36-32)39-29-20-12-4-3-11-19(20)27(34-29)37-25;;/h57-64H,9-56H2,1-8H3;1-16H;;/q2*-2;+3;+1. The van der Waals surface area contributed by atoms with Gasteiger partial charge < -0.3 is 59.8 Å². The summed E-state index contributed by atoms with van der Waals surface area (Å²) < 4.78 is 0. The quantitative estimate of drug-likeness (QED) is 0.0256. The van der Waals surface area contributed by atoms with Gasteiger partial charge in [0.2, 0.25) is 0 Å². The molecule has 0 unspecified atom stereocenters. The zero-order valence-corrected chi connectivity index (χ0v) is 86.8. The molecule has 4 aliphatic rings. The number of aromatic nitrogens is 16. The Balaban J connectivity index is 0.000000282. The molecule has 6 aromatic heterocycles. The van der Waals surface area contributed by atoms with Gasteiger partial charge in [0.25, 0.3) is 0 Å². The molecule has 16 bridgehead atoms. The molecule has 14 aromatic rings. The molecule has 138 heavy (non-hydrogen) atoms. The number of hydrogen-bond donors (Lipinski definition) is 0. The summed E-state index contributed by atoms with van der Waals surface area (Å²) in [6, 6.07) is 51.7. The van der Waals surface area contributed by atoms with Gasteiger partial charge in [-0.05, 0) is 239 Å². The molecule has 18 heteroatoms. The second-order valence-electron chi connectivity index (χ2n) is 39.1. The summed E-state index contributed by atoms with van der Waals surface area (Å²) in [5.74, 6) is 4.96. The van der Waals surface area contributed by atoms with Crippen LogP contribution in [0.15, 0.2) is 146 Å². The summed E-state index contributed by atoms with van der Waals surface area (Å²) >= 11 is 0. The van der Waals surface area contributed by atoms with Crippen LogP contribution in [0.25, 0.3) is 179 Å². The van der Waals surface area contributed by atoms with Crippen molar-refractivity contribution in [2.75, 3.05) is 0 Å². The maximum absolute atomic E-state index is 5.78. The average molecular weight is 1970 g/mol. The molecule has 0 N–H and O–H groups in total. The van der Waals surface area contributed by atoms with Crippen LogP contribution in [-0.4, -0.2) is 59.8 Å². The molecule has 0 amide bonds. The molecular weight excluding hydrogens is 1820 g/mol. The minimum atomic E-state index is 0. The second kappa shape index (κ2) is 51.9. The monoisotopic (exact) mass is 1970 g/mol. The van der Waals surface area contributed by atoms with E-state index in [2.05, 4.69) is 104 Å². The van der Waals surface area contributed by atoms with Crippen molar-refractivity contribution in [3.05, 3.63) is 190 Å². The van der Waals surface area contributed by atoms with Crippen LogP contribution < -0.4 is 38.8 Å². The van der Waals surface area contributed by atoms with Gasteiger partial charge in [-0.1, -0.05) is 358 Å². The van der Waals surface area contributed by atoms with Gasteiger partial charge in [-0.25, -0.2) is 19.9 Å². The average Bonchev–Trinajstić information content (AvgIpc) is 1.59. The predicted octanol–water partition coefficient (Wildman–Crippen LogP) is 29.4. The molecule has 0 saturated carbocycles. The summed E-state index contributed by atoms with van der Waals surface area (Å²) in [4.78, 5) is 85.0. The molecule has 0 fully saturated rings. The summed E-state index contributed by atoms with van der Waals surface area (Å²) in [6.45, 7) is 18.6. The van der Waals surface area contributed by atoms with Crippen LogP contribution in [0.3, 0.4) is 0 Å². The van der Waals surface area contributed by atoms with Crippen LogP contribution in [0.2, 0.25) is 0 Å². The Morgan fingerprint density at radius 2 is 0.304 bits per heavy atom. The molecule has 0 spiro atoms. The fourth-order valence-electron chi connectivity index (χ4n) is 20.9. The van der Waals surface area contributed by atoms with E-state index in [1.807, 2.05) is 97.1 Å². The zero-order chi connectivity index (χ0) is 93.3. The molecule has 10 heterocycles. The topological polar surface area (TPSA) is 211 Å². The predicted molar refractivity (Wildman–Crippen MR) is 568 cm³/mol. The van der Waals surface area contributed by atoms with E-state index in [-0.39, 0.29) is 68.2 Å². The Labute approximate surface area is 873 Å². The van der Waals surface area contributed by atoms with Crippen LogP contribution in [0.1, 0.15) is 357 Å². The number of aryl methyl sites for hydroxylation is 8. The third-order valence-electron chi connectivity index (χ3n) is 28.7. The van der Waals surface area contributed by atoms with Crippen molar-refractivity contribution in [3.63, 3.8) is 0 Å². The van der Waals surface area contributed by atoms with E-state index in [1.54, 1.807) is 0 Å². The Hall–Kier alpha value is -9.34. The molecular formula is C120H144EuLiN16. The Morgan fingerprint density at radius 3 is 0.478 bits per heavy atom. The Bertz CT molecular complexity index is 6030. The van der Waals surface area contributed by atoms with Crippen LogP contribution in [0, 0.1) is 49.4 Å². The van der Waals surface area contributed by atoms with Crippen LogP contribution in [0.5, 0.6) is 0 Å². The first-order valence-electron chi connectivity index (χ1n) is 53.6. The maximum atomic E-state index is 5.78. The van der Waals surface area contributed by atoms with E-state index < -0.39 is 0 Å². The number of benzene rings is 8. The van der Waals surface area contributed by atoms with Gasteiger partial charge in [-0.3, -0.25) is 0 Å². The van der Waals surface area contributed by atoms with Gasteiger partial charge in [0.15, 0.2) is 0 Å². The minimum Gasteiger partial charge on any atom is -0.357 e. The normalized spacial score (nSPS) is 11.9. The largest absolute Gasteiger partial charge is 3.00 e. The van der Waals surface area contributed by atoms with Crippen LogP contribution >= 0.6 is 0 Å². The first-order chi connectivity index (χ1) is 67.1. The van der Waals surface area contributed by atoms with E-state index in [4.69, 9.17) is 79.7 Å². The molecule has 712 valence electrons. The van der Waals surface area contributed by atoms with E-state index in [0.717, 1.165) is 139 Å². The van der Waals surface area contributed by atoms with Crippen molar-refractivity contribution in [1.82, 2.24) is 79.7 Å². The zero-order valence-electron chi connectivity index (χ0n) is 84.3. The summed E-state index contributed by atoms with van der Waals surface area (Å²) in [6.07, 6.45) is 58.4. The fraction of sp³-hybridized carbons (Fsp3) is 0.467. The summed E-state index contributed by atoms with van der Waals surface area (Å²) in [7, 11) is 0. The minimum absolute atomic E-state index is 0. The number of unbranched alkanes of at least 4 members (excludes halogenated alkanes) is 32. The third-order valence-corrected chi connectivity index (χ3v) is 28.7. The first kappa shape index (κ1) is 103. The first-order valence-corrected chi connectivity index (χ1v) is 53.6. The van der Waals surface area contributed by atoms with E-state index in [0.29, 0.717) is 91.8 Å². The molecule has 0 aliphatic carbocycles.